The Balaban J connectivity index is 2.07. The molecule has 1 N–H and O–H groups in total. The van der Waals surface area contributed by atoms with Gasteiger partial charge >= 0.3 is 6.61 Å². The van der Waals surface area contributed by atoms with Crippen LogP contribution in [0.15, 0.2) is 22.7 Å². The number of halogens is 3. The number of hydrogen-bond acceptors (Lipinski definition) is 2. The van der Waals surface area contributed by atoms with Crippen LogP contribution >= 0.6 is 15.9 Å². The second-order valence-corrected chi connectivity index (χ2v) is 4.70. The first kappa shape index (κ1) is 11.8. The molecular formula is C11H12BrF2NO. The molecule has 0 heterocycles. The van der Waals surface area contributed by atoms with E-state index < -0.39 is 6.61 Å². The molecule has 0 saturated heterocycles. The third-order valence-electron chi connectivity index (χ3n) is 2.40. The van der Waals surface area contributed by atoms with Crippen molar-refractivity contribution in [3.05, 3.63) is 28.2 Å². The van der Waals surface area contributed by atoms with E-state index in [1.54, 1.807) is 18.2 Å². The molecule has 5 heteroatoms. The average molecular weight is 292 g/mol. The number of hydrogen-bond donors (Lipinski definition) is 1. The molecule has 0 radical (unpaired) electrons. The molecule has 0 unspecified atom stereocenters. The SMILES string of the molecule is FC(F)Oc1ccc(Br)cc1CNC1CC1. The third-order valence-corrected chi connectivity index (χ3v) is 2.89. The summed E-state index contributed by atoms with van der Waals surface area (Å²) >= 11 is 3.31. The van der Waals surface area contributed by atoms with Gasteiger partial charge in [-0.05, 0) is 31.0 Å². The molecule has 0 amide bonds. The minimum Gasteiger partial charge on any atom is -0.434 e. The molecule has 2 nitrogen and oxygen atoms in total. The van der Waals surface area contributed by atoms with Crippen LogP contribution in [-0.2, 0) is 6.54 Å². The molecular weight excluding hydrogens is 280 g/mol. The molecule has 16 heavy (non-hydrogen) atoms. The van der Waals surface area contributed by atoms with Gasteiger partial charge in [0.05, 0.1) is 0 Å². The van der Waals surface area contributed by atoms with Crippen LogP contribution in [0.25, 0.3) is 0 Å². The van der Waals surface area contributed by atoms with E-state index in [-0.39, 0.29) is 5.75 Å². The molecule has 2 rings (SSSR count). The summed E-state index contributed by atoms with van der Waals surface area (Å²) in [5, 5.41) is 3.27. The van der Waals surface area contributed by atoms with Crippen molar-refractivity contribution in [2.45, 2.75) is 32.0 Å². The van der Waals surface area contributed by atoms with Crippen molar-refractivity contribution in [1.29, 1.82) is 0 Å². The number of alkyl halides is 2. The molecule has 1 aromatic carbocycles. The summed E-state index contributed by atoms with van der Waals surface area (Å²) in [5.74, 6) is 0.242. The van der Waals surface area contributed by atoms with Crippen molar-refractivity contribution >= 4 is 15.9 Å². The Kier molecular flexibility index (Phi) is 3.76. The topological polar surface area (TPSA) is 21.3 Å². The van der Waals surface area contributed by atoms with Gasteiger partial charge in [-0.3, -0.25) is 0 Å². The first-order valence-electron chi connectivity index (χ1n) is 5.12. The third kappa shape index (κ3) is 3.42. The highest BCUT2D eigenvalue weighted by molar-refractivity contribution is 9.10. The van der Waals surface area contributed by atoms with E-state index >= 15 is 0 Å². The molecule has 1 fully saturated rings. The van der Waals surface area contributed by atoms with Gasteiger partial charge in [0.1, 0.15) is 5.75 Å². The molecule has 0 bridgehead atoms. The lowest BCUT2D eigenvalue weighted by molar-refractivity contribution is -0.0505. The smallest absolute Gasteiger partial charge is 0.387 e. The standard InChI is InChI=1S/C11H12BrF2NO/c12-8-1-4-10(16-11(13)14)7(5-8)6-15-9-2-3-9/h1,4-5,9,11,15H,2-3,6H2. The maximum absolute atomic E-state index is 12.2. The largest absolute Gasteiger partial charge is 0.434 e. The normalized spacial score (nSPS) is 15.5. The average Bonchev–Trinajstić information content (AvgIpc) is 3.01. The zero-order valence-electron chi connectivity index (χ0n) is 8.55. The van der Waals surface area contributed by atoms with Crippen molar-refractivity contribution in [2.75, 3.05) is 0 Å². The van der Waals surface area contributed by atoms with Gasteiger partial charge in [-0.1, -0.05) is 15.9 Å². The van der Waals surface area contributed by atoms with Crippen LogP contribution in [0, 0.1) is 0 Å². The Morgan fingerprint density at radius 2 is 2.19 bits per heavy atom. The molecule has 1 aliphatic rings. The molecule has 0 aromatic heterocycles. The zero-order valence-corrected chi connectivity index (χ0v) is 10.1. The predicted octanol–water partition coefficient (Wildman–Crippen LogP) is 3.30. The van der Waals surface area contributed by atoms with Gasteiger partial charge in [0.15, 0.2) is 0 Å². The van der Waals surface area contributed by atoms with Crippen LogP contribution in [0.1, 0.15) is 18.4 Å². The Bertz CT molecular complexity index is 369. The Hall–Kier alpha value is -0.680. The second kappa shape index (κ2) is 5.10. The van der Waals surface area contributed by atoms with Gasteiger partial charge in [0.25, 0.3) is 0 Å². The first-order chi connectivity index (χ1) is 7.65. The van der Waals surface area contributed by atoms with Gasteiger partial charge in [0.2, 0.25) is 0 Å². The molecule has 0 atom stereocenters. The van der Waals surface area contributed by atoms with Crippen LogP contribution in [0.4, 0.5) is 8.78 Å². The lowest BCUT2D eigenvalue weighted by Gasteiger charge is -2.11. The highest BCUT2D eigenvalue weighted by atomic mass is 79.9. The van der Waals surface area contributed by atoms with E-state index in [9.17, 15) is 8.78 Å². The first-order valence-corrected chi connectivity index (χ1v) is 5.91. The fourth-order valence-corrected chi connectivity index (χ4v) is 1.85. The van der Waals surface area contributed by atoms with Crippen molar-refractivity contribution in [3.8, 4) is 5.75 Å². The van der Waals surface area contributed by atoms with Crippen molar-refractivity contribution in [2.24, 2.45) is 0 Å². The fourth-order valence-electron chi connectivity index (χ4n) is 1.44. The van der Waals surface area contributed by atoms with E-state index in [1.165, 1.54) is 12.8 Å². The summed E-state index contributed by atoms with van der Waals surface area (Å²) < 4.78 is 29.6. The lowest BCUT2D eigenvalue weighted by Crippen LogP contribution is -2.16. The molecule has 1 aromatic rings. The summed E-state index contributed by atoms with van der Waals surface area (Å²) in [6.07, 6.45) is 2.33. The molecule has 0 aliphatic heterocycles. The maximum atomic E-state index is 12.2. The molecule has 1 saturated carbocycles. The Morgan fingerprint density at radius 3 is 2.81 bits per heavy atom. The van der Waals surface area contributed by atoms with Crippen LogP contribution in [-0.4, -0.2) is 12.7 Å². The van der Waals surface area contributed by atoms with E-state index in [2.05, 4.69) is 26.0 Å². The van der Waals surface area contributed by atoms with Crippen molar-refractivity contribution < 1.29 is 13.5 Å². The Morgan fingerprint density at radius 1 is 1.44 bits per heavy atom. The van der Waals surface area contributed by atoms with Crippen molar-refractivity contribution in [3.63, 3.8) is 0 Å². The zero-order chi connectivity index (χ0) is 11.5. The summed E-state index contributed by atoms with van der Waals surface area (Å²) in [4.78, 5) is 0. The van der Waals surface area contributed by atoms with E-state index in [1.807, 2.05) is 0 Å². The van der Waals surface area contributed by atoms with Crippen LogP contribution < -0.4 is 10.1 Å². The highest BCUT2D eigenvalue weighted by Crippen LogP contribution is 2.26. The summed E-state index contributed by atoms with van der Waals surface area (Å²) in [7, 11) is 0. The van der Waals surface area contributed by atoms with Gasteiger partial charge in [-0.25, -0.2) is 0 Å². The monoisotopic (exact) mass is 291 g/mol. The van der Waals surface area contributed by atoms with E-state index in [0.29, 0.717) is 12.6 Å². The quantitative estimate of drug-likeness (QED) is 0.899. The molecule has 0 spiro atoms. The van der Waals surface area contributed by atoms with Crippen LogP contribution in [0.3, 0.4) is 0 Å². The fraction of sp³-hybridized carbons (Fsp3) is 0.455. The van der Waals surface area contributed by atoms with Crippen LogP contribution in [0.5, 0.6) is 5.75 Å². The number of benzene rings is 1. The van der Waals surface area contributed by atoms with Crippen molar-refractivity contribution in [1.82, 2.24) is 5.32 Å². The van der Waals surface area contributed by atoms with Crippen LogP contribution in [0.2, 0.25) is 0 Å². The number of ether oxygens (including phenoxy) is 1. The number of rotatable bonds is 5. The van der Waals surface area contributed by atoms with E-state index in [0.717, 1.165) is 10.0 Å². The maximum Gasteiger partial charge on any atom is 0.387 e. The summed E-state index contributed by atoms with van der Waals surface area (Å²) in [6.45, 7) is -2.22. The minimum absolute atomic E-state index is 0.242. The highest BCUT2D eigenvalue weighted by Gasteiger charge is 2.21. The summed E-state index contributed by atoms with van der Waals surface area (Å²) in [5.41, 5.74) is 0.751. The number of nitrogens with one attached hydrogen (secondary N) is 1. The van der Waals surface area contributed by atoms with Gasteiger partial charge < -0.3 is 10.1 Å². The molecule has 88 valence electrons. The summed E-state index contributed by atoms with van der Waals surface area (Å²) in [6, 6.07) is 5.59. The van der Waals surface area contributed by atoms with E-state index in [4.69, 9.17) is 0 Å². The second-order valence-electron chi connectivity index (χ2n) is 3.79. The lowest BCUT2D eigenvalue weighted by atomic mass is 10.2. The van der Waals surface area contributed by atoms with Gasteiger partial charge in [-0.15, -0.1) is 0 Å². The van der Waals surface area contributed by atoms with Gasteiger partial charge in [0, 0.05) is 22.6 Å². The predicted molar refractivity (Wildman–Crippen MR) is 60.6 cm³/mol. The van der Waals surface area contributed by atoms with Gasteiger partial charge in [-0.2, -0.15) is 8.78 Å². The minimum atomic E-state index is -2.78. The molecule has 1 aliphatic carbocycles. The Labute approximate surface area is 101 Å².